The number of rotatable bonds is 3. The molecule has 1 heterocycles. The van der Waals surface area contributed by atoms with Crippen molar-refractivity contribution in [2.24, 2.45) is 0 Å². The monoisotopic (exact) mass is 294 g/mol. The molecule has 4 nitrogen and oxygen atoms in total. The molecule has 0 aliphatic carbocycles. The topological polar surface area (TPSA) is 44.2 Å². The summed E-state index contributed by atoms with van der Waals surface area (Å²) < 4.78 is 11.4. The Morgan fingerprint density at radius 3 is 2.47 bits per heavy atom. The number of aromatic nitrogens is 2. The zero-order chi connectivity index (χ0) is 12.3. The van der Waals surface area contributed by atoms with Gasteiger partial charge in [-0.15, -0.1) is 0 Å². The van der Waals surface area contributed by atoms with Crippen molar-refractivity contribution < 1.29 is 9.47 Å². The van der Waals surface area contributed by atoms with Gasteiger partial charge in [0, 0.05) is 12.4 Å². The molecule has 0 amide bonds. The van der Waals surface area contributed by atoms with Crippen LogP contribution < -0.4 is 9.47 Å². The standard InChI is InChI=1S/C12H11BrN2O2/c1-8-6-14-12(15-7-8)17-11-4-3-9(16-2)5-10(11)13/h3-7H,1-2H3. The van der Waals surface area contributed by atoms with Crippen LogP contribution in [0.15, 0.2) is 35.1 Å². The van der Waals surface area contributed by atoms with Gasteiger partial charge in [0.05, 0.1) is 11.6 Å². The second kappa shape index (κ2) is 5.14. The molecule has 0 bridgehead atoms. The number of methoxy groups -OCH3 is 1. The third-order valence-electron chi connectivity index (χ3n) is 2.10. The van der Waals surface area contributed by atoms with E-state index < -0.39 is 0 Å². The molecule has 0 atom stereocenters. The van der Waals surface area contributed by atoms with Crippen LogP contribution >= 0.6 is 15.9 Å². The molecule has 0 saturated carbocycles. The van der Waals surface area contributed by atoms with E-state index in [4.69, 9.17) is 9.47 Å². The van der Waals surface area contributed by atoms with Gasteiger partial charge in [0.1, 0.15) is 11.5 Å². The van der Waals surface area contributed by atoms with Gasteiger partial charge in [-0.1, -0.05) is 0 Å². The molecule has 1 aromatic carbocycles. The van der Waals surface area contributed by atoms with E-state index in [1.165, 1.54) is 0 Å². The minimum absolute atomic E-state index is 0.321. The van der Waals surface area contributed by atoms with Crippen molar-refractivity contribution in [3.63, 3.8) is 0 Å². The Morgan fingerprint density at radius 1 is 1.18 bits per heavy atom. The van der Waals surface area contributed by atoms with Crippen LogP contribution in [0.5, 0.6) is 17.5 Å². The van der Waals surface area contributed by atoms with Crippen molar-refractivity contribution in [3.05, 3.63) is 40.6 Å². The van der Waals surface area contributed by atoms with Crippen molar-refractivity contribution in [1.29, 1.82) is 0 Å². The smallest absolute Gasteiger partial charge is 0.321 e. The molecule has 1 aromatic heterocycles. The number of ether oxygens (including phenoxy) is 2. The van der Waals surface area contributed by atoms with Gasteiger partial charge in [0.2, 0.25) is 0 Å². The average molecular weight is 295 g/mol. The van der Waals surface area contributed by atoms with Crippen LogP contribution in [0.3, 0.4) is 0 Å². The summed E-state index contributed by atoms with van der Waals surface area (Å²) in [6, 6.07) is 5.76. The maximum atomic E-state index is 5.54. The molecule has 0 radical (unpaired) electrons. The number of aryl methyl sites for hydroxylation is 1. The molecule has 0 saturated heterocycles. The lowest BCUT2D eigenvalue weighted by Gasteiger charge is -2.07. The molecule has 0 fully saturated rings. The van der Waals surface area contributed by atoms with Crippen LogP contribution in [0.4, 0.5) is 0 Å². The van der Waals surface area contributed by atoms with Crippen LogP contribution in [0.1, 0.15) is 5.56 Å². The minimum atomic E-state index is 0.321. The molecule has 2 rings (SSSR count). The number of hydrogen-bond acceptors (Lipinski definition) is 4. The third kappa shape index (κ3) is 2.94. The van der Waals surface area contributed by atoms with E-state index in [-0.39, 0.29) is 0 Å². The Hall–Kier alpha value is -1.62. The van der Waals surface area contributed by atoms with Gasteiger partial charge in [-0.2, -0.15) is 0 Å². The van der Waals surface area contributed by atoms with Crippen molar-refractivity contribution in [2.45, 2.75) is 6.92 Å². The summed E-state index contributed by atoms with van der Waals surface area (Å²) in [5.41, 5.74) is 0.992. The van der Waals surface area contributed by atoms with E-state index in [1.54, 1.807) is 25.6 Å². The number of halogens is 1. The van der Waals surface area contributed by atoms with Crippen LogP contribution in [-0.4, -0.2) is 17.1 Å². The summed E-state index contributed by atoms with van der Waals surface area (Å²) in [4.78, 5) is 8.14. The summed E-state index contributed by atoms with van der Waals surface area (Å²) in [6.07, 6.45) is 3.42. The lowest BCUT2D eigenvalue weighted by molar-refractivity contribution is 0.409. The maximum Gasteiger partial charge on any atom is 0.321 e. The van der Waals surface area contributed by atoms with E-state index in [2.05, 4.69) is 25.9 Å². The van der Waals surface area contributed by atoms with Crippen molar-refractivity contribution >= 4 is 15.9 Å². The van der Waals surface area contributed by atoms with Gasteiger partial charge in [0.15, 0.2) is 0 Å². The van der Waals surface area contributed by atoms with Gasteiger partial charge < -0.3 is 9.47 Å². The first-order valence-electron chi connectivity index (χ1n) is 4.99. The number of nitrogens with zero attached hydrogens (tertiary/aromatic N) is 2. The summed E-state index contributed by atoms with van der Waals surface area (Å²) in [5.74, 6) is 1.41. The fraction of sp³-hybridized carbons (Fsp3) is 0.167. The highest BCUT2D eigenvalue weighted by Gasteiger charge is 2.05. The highest BCUT2D eigenvalue weighted by molar-refractivity contribution is 9.10. The zero-order valence-corrected chi connectivity index (χ0v) is 11.1. The van der Waals surface area contributed by atoms with E-state index in [0.717, 1.165) is 15.8 Å². The largest absolute Gasteiger partial charge is 0.497 e. The van der Waals surface area contributed by atoms with E-state index in [9.17, 15) is 0 Å². The SMILES string of the molecule is COc1ccc(Oc2ncc(C)cn2)c(Br)c1. The molecule has 0 aliphatic rings. The Morgan fingerprint density at radius 2 is 1.88 bits per heavy atom. The quantitative estimate of drug-likeness (QED) is 0.871. The summed E-state index contributed by atoms with van der Waals surface area (Å²) in [5, 5.41) is 0. The van der Waals surface area contributed by atoms with Crippen molar-refractivity contribution in [3.8, 4) is 17.5 Å². The Bertz CT molecular complexity index is 514. The first-order valence-corrected chi connectivity index (χ1v) is 5.78. The first kappa shape index (κ1) is 11.9. The first-order chi connectivity index (χ1) is 8.19. The number of hydrogen-bond donors (Lipinski definition) is 0. The van der Waals surface area contributed by atoms with Gasteiger partial charge in [0.25, 0.3) is 0 Å². The molecular weight excluding hydrogens is 284 g/mol. The van der Waals surface area contributed by atoms with Crippen LogP contribution in [0, 0.1) is 6.92 Å². The van der Waals surface area contributed by atoms with Crippen molar-refractivity contribution in [1.82, 2.24) is 9.97 Å². The summed E-state index contributed by atoms with van der Waals surface area (Å²) >= 11 is 3.40. The average Bonchev–Trinajstić information content (AvgIpc) is 2.34. The molecule has 0 N–H and O–H groups in total. The molecule has 0 spiro atoms. The molecule has 5 heteroatoms. The maximum absolute atomic E-state index is 5.54. The highest BCUT2D eigenvalue weighted by Crippen LogP contribution is 2.31. The number of benzene rings is 1. The molecule has 2 aromatic rings. The normalized spacial score (nSPS) is 10.1. The van der Waals surface area contributed by atoms with Gasteiger partial charge in [-0.05, 0) is 46.6 Å². The summed E-state index contributed by atoms with van der Waals surface area (Å²) in [7, 11) is 1.62. The highest BCUT2D eigenvalue weighted by atomic mass is 79.9. The summed E-state index contributed by atoms with van der Waals surface area (Å²) in [6.45, 7) is 1.92. The lowest BCUT2D eigenvalue weighted by atomic mass is 10.3. The van der Waals surface area contributed by atoms with Crippen LogP contribution in [-0.2, 0) is 0 Å². The van der Waals surface area contributed by atoms with E-state index in [0.29, 0.717) is 11.8 Å². The Kier molecular flexibility index (Phi) is 3.58. The van der Waals surface area contributed by atoms with Crippen molar-refractivity contribution in [2.75, 3.05) is 7.11 Å². The fourth-order valence-electron chi connectivity index (χ4n) is 1.22. The molecule has 0 aliphatic heterocycles. The molecular formula is C12H11BrN2O2. The lowest BCUT2D eigenvalue weighted by Crippen LogP contribution is -1.93. The fourth-order valence-corrected chi connectivity index (χ4v) is 1.66. The third-order valence-corrected chi connectivity index (χ3v) is 2.72. The molecule has 17 heavy (non-hydrogen) atoms. The minimum Gasteiger partial charge on any atom is -0.497 e. The van der Waals surface area contributed by atoms with Crippen LogP contribution in [0.2, 0.25) is 0 Å². The van der Waals surface area contributed by atoms with Gasteiger partial charge in [-0.25, -0.2) is 9.97 Å². The van der Waals surface area contributed by atoms with Crippen LogP contribution in [0.25, 0.3) is 0 Å². The van der Waals surface area contributed by atoms with E-state index in [1.807, 2.05) is 19.1 Å². The Balaban J connectivity index is 2.21. The second-order valence-corrected chi connectivity index (χ2v) is 4.30. The molecule has 88 valence electrons. The Labute approximate surface area is 108 Å². The predicted octanol–water partition coefficient (Wildman–Crippen LogP) is 3.35. The van der Waals surface area contributed by atoms with Gasteiger partial charge >= 0.3 is 6.01 Å². The molecule has 0 unspecified atom stereocenters. The zero-order valence-electron chi connectivity index (χ0n) is 9.48. The van der Waals surface area contributed by atoms with E-state index >= 15 is 0 Å². The van der Waals surface area contributed by atoms with Gasteiger partial charge in [-0.3, -0.25) is 0 Å². The second-order valence-electron chi connectivity index (χ2n) is 3.44. The predicted molar refractivity (Wildman–Crippen MR) is 67.5 cm³/mol.